The third-order valence-electron chi connectivity index (χ3n) is 3.97. The Morgan fingerprint density at radius 1 is 1.22 bits per heavy atom. The van der Waals surface area contributed by atoms with E-state index in [1.54, 1.807) is 4.90 Å². The Morgan fingerprint density at radius 3 is 2.72 bits per heavy atom. The number of carboxylic acid groups (broad SMARTS) is 1. The molecule has 0 bridgehead atoms. The van der Waals surface area contributed by atoms with Crippen LogP contribution in [0.3, 0.4) is 0 Å². The number of amides is 1. The minimum absolute atomic E-state index is 0.0239. The first kappa shape index (κ1) is 13.3. The monoisotopic (exact) mass is 254 g/mol. The predicted molar refractivity (Wildman–Crippen MR) is 67.2 cm³/mol. The van der Waals surface area contributed by atoms with Crippen molar-refractivity contribution in [2.75, 3.05) is 19.6 Å². The highest BCUT2D eigenvalue weighted by Crippen LogP contribution is 2.21. The number of piperidine rings is 2. The van der Waals surface area contributed by atoms with E-state index in [1.807, 2.05) is 0 Å². The van der Waals surface area contributed by atoms with Crippen LogP contribution in [0.1, 0.15) is 38.5 Å². The van der Waals surface area contributed by atoms with E-state index in [0.29, 0.717) is 25.3 Å². The Morgan fingerprint density at radius 2 is 2.06 bits per heavy atom. The average molecular weight is 254 g/mol. The lowest BCUT2D eigenvalue weighted by atomic mass is 9.94. The number of carbonyl (C=O) groups is 2. The predicted octanol–water partition coefficient (Wildman–Crippen LogP) is 0.842. The Kier molecular flexibility index (Phi) is 4.58. The van der Waals surface area contributed by atoms with E-state index < -0.39 is 12.0 Å². The van der Waals surface area contributed by atoms with Gasteiger partial charge in [-0.2, -0.15) is 0 Å². The number of hydrogen-bond acceptors (Lipinski definition) is 3. The van der Waals surface area contributed by atoms with Crippen molar-refractivity contribution in [2.45, 2.75) is 44.6 Å². The van der Waals surface area contributed by atoms with E-state index in [4.69, 9.17) is 5.11 Å². The first-order chi connectivity index (χ1) is 8.68. The normalized spacial score (nSPS) is 29.0. The zero-order valence-electron chi connectivity index (χ0n) is 10.7. The van der Waals surface area contributed by atoms with Crippen LogP contribution in [0.2, 0.25) is 0 Å². The largest absolute Gasteiger partial charge is 0.480 e. The molecule has 0 radical (unpaired) electrons. The van der Waals surface area contributed by atoms with Crippen molar-refractivity contribution in [3.63, 3.8) is 0 Å². The molecule has 0 aromatic heterocycles. The van der Waals surface area contributed by atoms with E-state index in [-0.39, 0.29) is 5.91 Å². The van der Waals surface area contributed by atoms with E-state index in [2.05, 4.69) is 5.32 Å². The van der Waals surface area contributed by atoms with Crippen LogP contribution in [0, 0.1) is 5.92 Å². The van der Waals surface area contributed by atoms with Crippen LogP contribution in [0.15, 0.2) is 0 Å². The van der Waals surface area contributed by atoms with Crippen molar-refractivity contribution in [1.82, 2.24) is 10.2 Å². The van der Waals surface area contributed by atoms with Gasteiger partial charge >= 0.3 is 5.97 Å². The SMILES string of the molecule is O=C(O)C1CCCCN1C(=O)CC1CCCNC1. The van der Waals surface area contributed by atoms with Gasteiger partial charge in [-0.1, -0.05) is 0 Å². The van der Waals surface area contributed by atoms with Crippen LogP contribution in [0.4, 0.5) is 0 Å². The molecule has 5 nitrogen and oxygen atoms in total. The molecule has 0 saturated carbocycles. The molecule has 2 saturated heterocycles. The van der Waals surface area contributed by atoms with Gasteiger partial charge in [-0.3, -0.25) is 4.79 Å². The van der Waals surface area contributed by atoms with Gasteiger partial charge in [0.25, 0.3) is 0 Å². The summed E-state index contributed by atoms with van der Waals surface area (Å²) >= 11 is 0. The summed E-state index contributed by atoms with van der Waals surface area (Å²) in [6.07, 6.45) is 5.12. The highest BCUT2D eigenvalue weighted by atomic mass is 16.4. The summed E-state index contributed by atoms with van der Waals surface area (Å²) in [6, 6.07) is -0.595. The molecule has 2 fully saturated rings. The molecule has 2 rings (SSSR count). The summed E-state index contributed by atoms with van der Waals surface area (Å²) < 4.78 is 0. The lowest BCUT2D eigenvalue weighted by molar-refractivity contribution is -0.152. The van der Waals surface area contributed by atoms with Gasteiger partial charge in [0.2, 0.25) is 5.91 Å². The molecule has 2 N–H and O–H groups in total. The van der Waals surface area contributed by atoms with Crippen molar-refractivity contribution in [3.05, 3.63) is 0 Å². The quantitative estimate of drug-likeness (QED) is 0.783. The fourth-order valence-corrected chi connectivity index (χ4v) is 2.95. The average Bonchev–Trinajstić information content (AvgIpc) is 2.40. The first-order valence-corrected chi connectivity index (χ1v) is 6.91. The van der Waals surface area contributed by atoms with Crippen molar-refractivity contribution in [3.8, 4) is 0 Å². The first-order valence-electron chi connectivity index (χ1n) is 6.91. The van der Waals surface area contributed by atoms with Crippen LogP contribution in [-0.4, -0.2) is 47.6 Å². The van der Waals surface area contributed by atoms with E-state index in [0.717, 1.165) is 38.8 Å². The van der Waals surface area contributed by atoms with E-state index in [9.17, 15) is 9.59 Å². The van der Waals surface area contributed by atoms with Gasteiger partial charge in [-0.05, 0) is 51.1 Å². The van der Waals surface area contributed by atoms with Gasteiger partial charge in [0.15, 0.2) is 0 Å². The fourth-order valence-electron chi connectivity index (χ4n) is 2.95. The molecule has 2 unspecified atom stereocenters. The molecule has 2 aliphatic heterocycles. The fraction of sp³-hybridized carbons (Fsp3) is 0.846. The molecular weight excluding hydrogens is 232 g/mol. The Balaban J connectivity index is 1.91. The molecule has 5 heteroatoms. The minimum Gasteiger partial charge on any atom is -0.480 e. The Labute approximate surface area is 108 Å². The van der Waals surface area contributed by atoms with Crippen molar-refractivity contribution in [1.29, 1.82) is 0 Å². The van der Waals surface area contributed by atoms with Gasteiger partial charge < -0.3 is 15.3 Å². The minimum atomic E-state index is -0.857. The Hall–Kier alpha value is -1.10. The van der Waals surface area contributed by atoms with Crippen molar-refractivity contribution < 1.29 is 14.7 Å². The zero-order chi connectivity index (χ0) is 13.0. The van der Waals surface area contributed by atoms with Gasteiger partial charge in [-0.15, -0.1) is 0 Å². The highest BCUT2D eigenvalue weighted by Gasteiger charge is 2.32. The molecular formula is C13H22N2O3. The van der Waals surface area contributed by atoms with Crippen LogP contribution < -0.4 is 5.32 Å². The van der Waals surface area contributed by atoms with Crippen LogP contribution >= 0.6 is 0 Å². The maximum absolute atomic E-state index is 12.2. The molecule has 2 atom stereocenters. The number of aliphatic carboxylic acids is 1. The second-order valence-electron chi connectivity index (χ2n) is 5.35. The summed E-state index contributed by atoms with van der Waals surface area (Å²) in [6.45, 7) is 2.53. The number of nitrogens with zero attached hydrogens (tertiary/aromatic N) is 1. The molecule has 0 spiro atoms. The van der Waals surface area contributed by atoms with Gasteiger partial charge in [0, 0.05) is 13.0 Å². The molecule has 0 aromatic carbocycles. The summed E-state index contributed by atoms with van der Waals surface area (Å²) in [5.74, 6) is -0.455. The lowest BCUT2D eigenvalue weighted by Gasteiger charge is -2.34. The molecule has 102 valence electrons. The number of nitrogens with one attached hydrogen (secondary N) is 1. The summed E-state index contributed by atoms with van der Waals surface area (Å²) in [5.41, 5.74) is 0. The van der Waals surface area contributed by atoms with Gasteiger partial charge in [-0.25, -0.2) is 4.79 Å². The maximum Gasteiger partial charge on any atom is 0.326 e. The van der Waals surface area contributed by atoms with Crippen molar-refractivity contribution >= 4 is 11.9 Å². The third-order valence-corrected chi connectivity index (χ3v) is 3.97. The second-order valence-corrected chi connectivity index (χ2v) is 5.35. The molecule has 0 aliphatic carbocycles. The number of likely N-dealkylation sites (tertiary alicyclic amines) is 1. The Bertz CT molecular complexity index is 313. The second kappa shape index (κ2) is 6.18. The molecule has 2 aliphatic rings. The highest BCUT2D eigenvalue weighted by molar-refractivity contribution is 5.84. The molecule has 0 aromatic rings. The number of carbonyl (C=O) groups excluding carboxylic acids is 1. The molecule has 1 amide bonds. The summed E-state index contributed by atoms with van der Waals surface area (Å²) in [5, 5.41) is 12.4. The zero-order valence-corrected chi connectivity index (χ0v) is 10.7. The molecule has 2 heterocycles. The number of carboxylic acids is 1. The topological polar surface area (TPSA) is 69.6 Å². The lowest BCUT2D eigenvalue weighted by Crippen LogP contribution is -2.49. The van der Waals surface area contributed by atoms with Crippen LogP contribution in [-0.2, 0) is 9.59 Å². The summed E-state index contributed by atoms with van der Waals surface area (Å²) in [7, 11) is 0. The molecule has 18 heavy (non-hydrogen) atoms. The van der Waals surface area contributed by atoms with Crippen molar-refractivity contribution in [2.24, 2.45) is 5.92 Å². The van der Waals surface area contributed by atoms with Crippen LogP contribution in [0.5, 0.6) is 0 Å². The third kappa shape index (κ3) is 3.22. The maximum atomic E-state index is 12.2. The van der Waals surface area contributed by atoms with E-state index >= 15 is 0 Å². The summed E-state index contributed by atoms with van der Waals surface area (Å²) in [4.78, 5) is 25.0. The van der Waals surface area contributed by atoms with Crippen LogP contribution in [0.25, 0.3) is 0 Å². The van der Waals surface area contributed by atoms with E-state index in [1.165, 1.54) is 0 Å². The smallest absolute Gasteiger partial charge is 0.326 e. The van der Waals surface area contributed by atoms with Gasteiger partial charge in [0.1, 0.15) is 6.04 Å². The standard InChI is InChI=1S/C13H22N2O3/c16-12(8-10-4-3-6-14-9-10)15-7-2-1-5-11(15)13(17)18/h10-11,14H,1-9H2,(H,17,18). The van der Waals surface area contributed by atoms with Gasteiger partial charge in [0.05, 0.1) is 0 Å². The number of rotatable bonds is 3. The number of hydrogen-bond donors (Lipinski definition) is 2.